The van der Waals surface area contributed by atoms with Gasteiger partial charge in [-0.1, -0.05) is 12.1 Å². The van der Waals surface area contributed by atoms with Crippen LogP contribution < -0.4 is 14.9 Å². The van der Waals surface area contributed by atoms with Crippen molar-refractivity contribution in [2.75, 3.05) is 7.11 Å². The quantitative estimate of drug-likeness (QED) is 0.615. The normalized spacial score (nSPS) is 11.8. The maximum atomic E-state index is 10.8. The highest BCUT2D eigenvalue weighted by Gasteiger charge is 2.13. The van der Waals surface area contributed by atoms with Gasteiger partial charge < -0.3 is 24.5 Å². The summed E-state index contributed by atoms with van der Waals surface area (Å²) in [6, 6.07) is 6.09. The molecule has 1 aromatic carbocycles. The molecule has 0 aliphatic rings. The molecular formula is C11H10O5-2. The van der Waals surface area contributed by atoms with Crippen molar-refractivity contribution in [1.29, 1.82) is 0 Å². The van der Waals surface area contributed by atoms with Crippen LogP contribution in [-0.2, 0) is 9.59 Å². The highest BCUT2D eigenvalue weighted by Crippen LogP contribution is 2.21. The van der Waals surface area contributed by atoms with Crippen LogP contribution in [-0.4, -0.2) is 19.0 Å². The van der Waals surface area contributed by atoms with Crippen LogP contribution in [0.5, 0.6) is 5.75 Å². The molecule has 0 aliphatic heterocycles. The SMILES string of the molecule is COc1ccc(C(CC(=O)[O-])C(=O)[O-])cc1. The predicted molar refractivity (Wildman–Crippen MR) is 50.4 cm³/mol. The minimum atomic E-state index is -1.44. The van der Waals surface area contributed by atoms with E-state index in [0.717, 1.165) is 0 Å². The lowest BCUT2D eigenvalue weighted by Crippen LogP contribution is -2.34. The molecule has 0 saturated carbocycles. The summed E-state index contributed by atoms with van der Waals surface area (Å²) < 4.78 is 4.90. The molecule has 0 aliphatic carbocycles. The average molecular weight is 222 g/mol. The fourth-order valence-corrected chi connectivity index (χ4v) is 1.34. The summed E-state index contributed by atoms with van der Waals surface area (Å²) in [6.45, 7) is 0. The first-order valence-electron chi connectivity index (χ1n) is 4.59. The zero-order valence-electron chi connectivity index (χ0n) is 8.64. The van der Waals surface area contributed by atoms with E-state index < -0.39 is 24.3 Å². The van der Waals surface area contributed by atoms with Gasteiger partial charge in [-0.05, 0) is 24.1 Å². The number of carbonyl (C=O) groups is 2. The van der Waals surface area contributed by atoms with E-state index in [-0.39, 0.29) is 0 Å². The van der Waals surface area contributed by atoms with Gasteiger partial charge in [-0.2, -0.15) is 0 Å². The zero-order valence-corrected chi connectivity index (χ0v) is 8.64. The molecule has 0 N–H and O–H groups in total. The molecule has 0 aromatic heterocycles. The van der Waals surface area contributed by atoms with Gasteiger partial charge in [0.25, 0.3) is 0 Å². The molecule has 1 atom stereocenters. The Morgan fingerprint density at radius 2 is 1.81 bits per heavy atom. The minimum Gasteiger partial charge on any atom is -0.550 e. The van der Waals surface area contributed by atoms with Crippen molar-refractivity contribution in [1.82, 2.24) is 0 Å². The van der Waals surface area contributed by atoms with Gasteiger partial charge in [-0.3, -0.25) is 0 Å². The molecule has 1 rings (SSSR count). The Bertz CT molecular complexity index is 382. The molecule has 1 unspecified atom stereocenters. The van der Waals surface area contributed by atoms with E-state index in [2.05, 4.69) is 0 Å². The number of hydrogen-bond donors (Lipinski definition) is 0. The van der Waals surface area contributed by atoms with Crippen LogP contribution >= 0.6 is 0 Å². The number of aliphatic carboxylic acids is 2. The lowest BCUT2D eigenvalue weighted by atomic mass is 9.96. The average Bonchev–Trinajstić information content (AvgIpc) is 2.25. The van der Waals surface area contributed by atoms with Crippen LogP contribution in [0.15, 0.2) is 24.3 Å². The summed E-state index contributed by atoms with van der Waals surface area (Å²) in [5, 5.41) is 21.1. The summed E-state index contributed by atoms with van der Waals surface area (Å²) in [6.07, 6.45) is -0.603. The lowest BCUT2D eigenvalue weighted by molar-refractivity contribution is -0.317. The summed E-state index contributed by atoms with van der Waals surface area (Å²) in [4.78, 5) is 21.1. The van der Waals surface area contributed by atoms with Gasteiger partial charge in [0.15, 0.2) is 0 Å². The van der Waals surface area contributed by atoms with Gasteiger partial charge >= 0.3 is 0 Å². The number of carboxylic acid groups (broad SMARTS) is 2. The van der Waals surface area contributed by atoms with E-state index in [1.807, 2.05) is 0 Å². The first-order valence-corrected chi connectivity index (χ1v) is 4.59. The van der Waals surface area contributed by atoms with Crippen LogP contribution in [0.4, 0.5) is 0 Å². The molecule has 5 nitrogen and oxygen atoms in total. The Labute approximate surface area is 92.3 Å². The van der Waals surface area contributed by atoms with Gasteiger partial charge in [0.1, 0.15) is 5.75 Å². The first-order chi connectivity index (χ1) is 7.54. The second-order valence-corrected chi connectivity index (χ2v) is 3.22. The molecule has 0 spiro atoms. The van der Waals surface area contributed by atoms with Crippen molar-refractivity contribution in [2.24, 2.45) is 0 Å². The third-order valence-corrected chi connectivity index (χ3v) is 2.17. The standard InChI is InChI=1S/C11H12O5/c1-16-8-4-2-7(3-5-8)9(11(14)15)6-10(12)13/h2-5,9H,6H2,1H3,(H,12,13)(H,14,15)/p-2. The van der Waals surface area contributed by atoms with E-state index in [4.69, 9.17) is 4.74 Å². The van der Waals surface area contributed by atoms with Crippen LogP contribution in [0.1, 0.15) is 17.9 Å². The number of hydrogen-bond acceptors (Lipinski definition) is 5. The summed E-state index contributed by atoms with van der Waals surface area (Å²) >= 11 is 0. The largest absolute Gasteiger partial charge is 0.550 e. The molecule has 86 valence electrons. The Morgan fingerprint density at radius 1 is 1.25 bits per heavy atom. The van der Waals surface area contributed by atoms with Crippen LogP contribution in [0, 0.1) is 0 Å². The molecule has 0 saturated heterocycles. The van der Waals surface area contributed by atoms with Crippen molar-refractivity contribution in [3.63, 3.8) is 0 Å². The summed E-state index contributed by atoms with van der Waals surface area (Å²) in [5.41, 5.74) is 0.352. The van der Waals surface area contributed by atoms with Gasteiger partial charge in [0, 0.05) is 17.9 Å². The maximum Gasteiger partial charge on any atom is 0.118 e. The predicted octanol–water partition coefficient (Wildman–Crippen LogP) is -1.33. The second kappa shape index (κ2) is 5.16. The van der Waals surface area contributed by atoms with Crippen molar-refractivity contribution in [3.8, 4) is 5.75 Å². The Morgan fingerprint density at radius 3 is 2.19 bits per heavy atom. The second-order valence-electron chi connectivity index (χ2n) is 3.22. The Kier molecular flexibility index (Phi) is 3.88. The summed E-state index contributed by atoms with van der Waals surface area (Å²) in [5.74, 6) is -3.50. The third kappa shape index (κ3) is 2.98. The fourth-order valence-electron chi connectivity index (χ4n) is 1.34. The smallest absolute Gasteiger partial charge is 0.118 e. The third-order valence-electron chi connectivity index (χ3n) is 2.17. The molecule has 0 amide bonds. The highest BCUT2D eigenvalue weighted by atomic mass is 16.5. The monoisotopic (exact) mass is 222 g/mol. The fraction of sp³-hybridized carbons (Fsp3) is 0.273. The Hall–Kier alpha value is -2.04. The Balaban J connectivity index is 2.92. The lowest BCUT2D eigenvalue weighted by Gasteiger charge is -2.19. The number of benzene rings is 1. The summed E-state index contributed by atoms with van der Waals surface area (Å²) in [7, 11) is 1.48. The zero-order chi connectivity index (χ0) is 12.1. The molecular weight excluding hydrogens is 212 g/mol. The van der Waals surface area contributed by atoms with E-state index in [1.54, 1.807) is 12.1 Å². The van der Waals surface area contributed by atoms with Crippen molar-refractivity contribution < 1.29 is 24.5 Å². The minimum absolute atomic E-state index is 0.352. The number of carbonyl (C=O) groups excluding carboxylic acids is 2. The number of methoxy groups -OCH3 is 1. The van der Waals surface area contributed by atoms with Crippen molar-refractivity contribution in [2.45, 2.75) is 12.3 Å². The van der Waals surface area contributed by atoms with Gasteiger partial charge in [0.2, 0.25) is 0 Å². The van der Waals surface area contributed by atoms with E-state index in [1.165, 1.54) is 19.2 Å². The number of rotatable bonds is 5. The van der Waals surface area contributed by atoms with E-state index in [0.29, 0.717) is 11.3 Å². The molecule has 1 aromatic rings. The van der Waals surface area contributed by atoms with Crippen molar-refractivity contribution in [3.05, 3.63) is 29.8 Å². The van der Waals surface area contributed by atoms with Crippen LogP contribution in [0.25, 0.3) is 0 Å². The topological polar surface area (TPSA) is 89.5 Å². The molecule has 0 radical (unpaired) electrons. The van der Waals surface area contributed by atoms with E-state index >= 15 is 0 Å². The highest BCUT2D eigenvalue weighted by molar-refractivity contribution is 5.80. The molecule has 5 heteroatoms. The molecule has 0 heterocycles. The van der Waals surface area contributed by atoms with E-state index in [9.17, 15) is 19.8 Å². The molecule has 16 heavy (non-hydrogen) atoms. The number of ether oxygens (including phenoxy) is 1. The molecule has 0 fully saturated rings. The first kappa shape index (κ1) is 12.0. The van der Waals surface area contributed by atoms with Gasteiger partial charge in [0.05, 0.1) is 7.11 Å². The number of carboxylic acids is 2. The molecule has 0 bridgehead atoms. The van der Waals surface area contributed by atoms with Crippen LogP contribution in [0.3, 0.4) is 0 Å². The maximum absolute atomic E-state index is 10.8. The van der Waals surface area contributed by atoms with Gasteiger partial charge in [-0.25, -0.2) is 0 Å². The van der Waals surface area contributed by atoms with Crippen molar-refractivity contribution >= 4 is 11.9 Å². The van der Waals surface area contributed by atoms with Gasteiger partial charge in [-0.15, -0.1) is 0 Å². The van der Waals surface area contributed by atoms with Crippen LogP contribution in [0.2, 0.25) is 0 Å².